The molecular weight excluding hydrogens is 977 g/mol. The van der Waals surface area contributed by atoms with Crippen molar-refractivity contribution < 1.29 is 38.6 Å². The summed E-state index contributed by atoms with van der Waals surface area (Å²) in [5, 5.41) is 38.5. The minimum atomic E-state index is 0.301. The number of para-hydroxylation sites is 2. The molecule has 0 radical (unpaired) electrons. The molecule has 408 valence electrons. The average molecular weight is 1050 g/mol. The zero-order valence-electron chi connectivity index (χ0n) is 45.1. The summed E-state index contributed by atoms with van der Waals surface area (Å²) >= 11 is 0. The quantitative estimate of drug-likeness (QED) is 0.0321. The Kier molecular flexibility index (Phi) is 20.7. The van der Waals surface area contributed by atoms with E-state index in [4.69, 9.17) is 28.4 Å². The maximum absolute atomic E-state index is 9.72. The third-order valence-electron chi connectivity index (χ3n) is 14.8. The summed E-state index contributed by atoms with van der Waals surface area (Å²) in [6.07, 6.45) is 3.84. The molecular formula is C66H76N4O8. The number of hydrogen-bond donors (Lipinski definition) is 6. The lowest BCUT2D eigenvalue weighted by atomic mass is 9.86. The van der Waals surface area contributed by atoms with E-state index >= 15 is 0 Å². The SMILES string of the molecule is COc1ccccc1COCCCOc1ccc([C@@H]2CCNC[C@@H]2NCc2ccc3cc(O)ccc3c2)cc1.COc1ccccc1COCCCOc1ccc([C@H]2CCNC[C@H]2NCc2ccc3cc(O)ccc3c2)cc1. The zero-order valence-corrected chi connectivity index (χ0v) is 45.1. The second kappa shape index (κ2) is 29.0. The average Bonchev–Trinajstić information content (AvgIpc) is 3.49. The van der Waals surface area contributed by atoms with Crippen molar-refractivity contribution >= 4 is 21.5 Å². The maximum Gasteiger partial charge on any atom is 0.124 e. The van der Waals surface area contributed by atoms with Crippen LogP contribution in [0.5, 0.6) is 34.5 Å². The van der Waals surface area contributed by atoms with E-state index < -0.39 is 0 Å². The minimum absolute atomic E-state index is 0.301. The minimum Gasteiger partial charge on any atom is -0.508 e. The van der Waals surface area contributed by atoms with E-state index in [1.807, 2.05) is 60.7 Å². The van der Waals surface area contributed by atoms with Gasteiger partial charge in [-0.15, -0.1) is 0 Å². The van der Waals surface area contributed by atoms with Gasteiger partial charge in [-0.25, -0.2) is 0 Å². The van der Waals surface area contributed by atoms with Crippen molar-refractivity contribution in [2.24, 2.45) is 0 Å². The molecule has 12 heteroatoms. The molecule has 0 unspecified atom stereocenters. The lowest BCUT2D eigenvalue weighted by molar-refractivity contribution is 0.105. The molecule has 78 heavy (non-hydrogen) atoms. The molecule has 4 atom stereocenters. The monoisotopic (exact) mass is 1050 g/mol. The summed E-state index contributed by atoms with van der Waals surface area (Å²) in [6, 6.07) is 57.6. The second-order valence-electron chi connectivity index (χ2n) is 20.2. The van der Waals surface area contributed by atoms with E-state index in [1.54, 1.807) is 38.5 Å². The Labute approximate surface area is 460 Å². The molecule has 2 fully saturated rings. The first-order valence-corrected chi connectivity index (χ1v) is 27.6. The summed E-state index contributed by atoms with van der Waals surface area (Å²) in [5.74, 6) is 4.99. The van der Waals surface area contributed by atoms with Gasteiger partial charge < -0.3 is 59.9 Å². The number of ether oxygens (including phenoxy) is 6. The van der Waals surface area contributed by atoms with Crippen LogP contribution in [0.3, 0.4) is 0 Å². The van der Waals surface area contributed by atoms with Gasteiger partial charge >= 0.3 is 0 Å². The number of piperidine rings is 2. The molecule has 6 N–H and O–H groups in total. The highest BCUT2D eigenvalue weighted by Gasteiger charge is 2.27. The van der Waals surface area contributed by atoms with Crippen LogP contribution in [0.15, 0.2) is 170 Å². The van der Waals surface area contributed by atoms with Crippen molar-refractivity contribution in [3.05, 3.63) is 203 Å². The predicted octanol–water partition coefficient (Wildman–Crippen LogP) is 11.5. The van der Waals surface area contributed by atoms with Gasteiger partial charge in [0.15, 0.2) is 0 Å². The summed E-state index contributed by atoms with van der Waals surface area (Å²) < 4.78 is 34.3. The first-order valence-electron chi connectivity index (χ1n) is 27.6. The largest absolute Gasteiger partial charge is 0.508 e. The third kappa shape index (κ3) is 16.0. The van der Waals surface area contributed by atoms with Gasteiger partial charge in [0.05, 0.1) is 53.9 Å². The Morgan fingerprint density at radius 1 is 0.462 bits per heavy atom. The van der Waals surface area contributed by atoms with Crippen LogP contribution >= 0.6 is 0 Å². The Morgan fingerprint density at radius 2 is 0.872 bits per heavy atom. The second-order valence-corrected chi connectivity index (χ2v) is 20.2. The fraction of sp³-hybridized carbons (Fsp3) is 0.333. The predicted molar refractivity (Wildman–Crippen MR) is 311 cm³/mol. The first kappa shape index (κ1) is 55.6. The van der Waals surface area contributed by atoms with Crippen LogP contribution in [0.2, 0.25) is 0 Å². The molecule has 0 bridgehead atoms. The normalized spacial score (nSPS) is 17.3. The van der Waals surface area contributed by atoms with Gasteiger partial charge in [0, 0.05) is 74.1 Å². The van der Waals surface area contributed by atoms with Crippen molar-refractivity contribution in [1.82, 2.24) is 21.3 Å². The number of nitrogens with one attached hydrogen (secondary N) is 4. The Morgan fingerprint density at radius 3 is 1.31 bits per heavy atom. The number of fused-ring (bicyclic) bond motifs is 2. The molecule has 8 aromatic rings. The van der Waals surface area contributed by atoms with Gasteiger partial charge in [-0.3, -0.25) is 0 Å². The van der Waals surface area contributed by atoms with Crippen LogP contribution in [0.1, 0.15) is 70.9 Å². The number of methoxy groups -OCH3 is 2. The number of hydrogen-bond acceptors (Lipinski definition) is 12. The molecule has 0 aromatic heterocycles. The summed E-state index contributed by atoms with van der Waals surface area (Å²) in [5.41, 5.74) is 7.29. The fourth-order valence-electron chi connectivity index (χ4n) is 10.6. The first-order chi connectivity index (χ1) is 38.4. The van der Waals surface area contributed by atoms with Crippen molar-refractivity contribution in [1.29, 1.82) is 0 Å². The highest BCUT2D eigenvalue weighted by Crippen LogP contribution is 2.31. The van der Waals surface area contributed by atoms with Crippen molar-refractivity contribution in [3.8, 4) is 34.5 Å². The van der Waals surface area contributed by atoms with E-state index in [2.05, 4.69) is 106 Å². The molecule has 0 aliphatic carbocycles. The van der Waals surface area contributed by atoms with Crippen LogP contribution in [-0.2, 0) is 35.8 Å². The molecule has 10 rings (SSSR count). The zero-order chi connectivity index (χ0) is 53.7. The van der Waals surface area contributed by atoms with E-state index in [-0.39, 0.29) is 0 Å². The van der Waals surface area contributed by atoms with Gasteiger partial charge in [0.2, 0.25) is 0 Å². The lowest BCUT2D eigenvalue weighted by Crippen LogP contribution is -2.47. The van der Waals surface area contributed by atoms with Gasteiger partial charge in [-0.2, -0.15) is 0 Å². The molecule has 2 aliphatic rings. The lowest BCUT2D eigenvalue weighted by Gasteiger charge is -2.33. The van der Waals surface area contributed by atoms with Crippen LogP contribution in [-0.4, -0.2) is 89.1 Å². The maximum atomic E-state index is 9.72. The topological polar surface area (TPSA) is 144 Å². The van der Waals surface area contributed by atoms with E-state index in [0.29, 0.717) is 75.1 Å². The van der Waals surface area contributed by atoms with Gasteiger partial charge in [0.25, 0.3) is 0 Å². The fourth-order valence-corrected chi connectivity index (χ4v) is 10.6. The number of phenols is 2. The van der Waals surface area contributed by atoms with Gasteiger partial charge in [0.1, 0.15) is 34.5 Å². The van der Waals surface area contributed by atoms with E-state index in [0.717, 1.165) is 121 Å². The van der Waals surface area contributed by atoms with Crippen LogP contribution < -0.4 is 40.2 Å². The standard InChI is InChI=1S/2C33H38N2O4/c2*1-37-33-6-3-2-5-28(33)23-38-17-4-18-39-30-13-10-25(11-14-30)31-15-16-34-22-32(31)35-21-24-7-8-27-20-29(36)12-9-26(27)19-24/h2*2-3,5-14,19-20,31-32,34-36H,4,15-18,21-23H2,1H3/t2*31-,32-/m10/s1. The number of benzene rings is 8. The van der Waals surface area contributed by atoms with Crippen LogP contribution in [0.25, 0.3) is 21.5 Å². The molecule has 2 saturated heterocycles. The Bertz CT molecular complexity index is 2890. The smallest absolute Gasteiger partial charge is 0.124 e. The Hall–Kier alpha value is -7.16. The molecule has 2 aliphatic heterocycles. The van der Waals surface area contributed by atoms with Gasteiger partial charge in [-0.05, 0) is 143 Å². The molecule has 12 nitrogen and oxygen atoms in total. The molecule has 8 aromatic carbocycles. The number of aromatic hydroxyl groups is 2. The molecule has 0 spiro atoms. The van der Waals surface area contributed by atoms with E-state index in [9.17, 15) is 10.2 Å². The van der Waals surface area contributed by atoms with Crippen LogP contribution in [0, 0.1) is 0 Å². The van der Waals surface area contributed by atoms with E-state index in [1.165, 1.54) is 22.3 Å². The highest BCUT2D eigenvalue weighted by molar-refractivity contribution is 5.85. The van der Waals surface area contributed by atoms with Crippen molar-refractivity contribution in [3.63, 3.8) is 0 Å². The summed E-state index contributed by atoms with van der Waals surface area (Å²) in [4.78, 5) is 0. The highest BCUT2D eigenvalue weighted by atomic mass is 16.5. The van der Waals surface area contributed by atoms with Crippen molar-refractivity contribution in [2.45, 2.75) is 75.9 Å². The summed E-state index contributed by atoms with van der Waals surface area (Å²) in [6.45, 7) is 9.13. The third-order valence-corrected chi connectivity index (χ3v) is 14.8. The summed E-state index contributed by atoms with van der Waals surface area (Å²) in [7, 11) is 3.36. The molecule has 2 heterocycles. The van der Waals surface area contributed by atoms with Crippen LogP contribution in [0.4, 0.5) is 0 Å². The number of phenolic OH excluding ortho intramolecular Hbond substituents is 2. The van der Waals surface area contributed by atoms with Crippen molar-refractivity contribution in [2.75, 3.05) is 66.8 Å². The molecule has 0 amide bonds. The number of rotatable bonds is 24. The molecule has 0 saturated carbocycles. The van der Waals surface area contributed by atoms with Gasteiger partial charge in [-0.1, -0.05) is 97.1 Å². The Balaban J connectivity index is 0.000000190.